The Morgan fingerprint density at radius 1 is 1.25 bits per heavy atom. The summed E-state index contributed by atoms with van der Waals surface area (Å²) in [5.74, 6) is -0.724. The predicted molar refractivity (Wildman–Crippen MR) is 88.1 cm³/mol. The van der Waals surface area contributed by atoms with Crippen LogP contribution in [0.2, 0.25) is 0 Å². The fraction of sp³-hybridized carbons (Fsp3) is 0.533. The van der Waals surface area contributed by atoms with Crippen LogP contribution in [0.1, 0.15) is 25.8 Å². The van der Waals surface area contributed by atoms with Gasteiger partial charge in [0.1, 0.15) is 5.25 Å². The Hall–Kier alpha value is -0.710. The van der Waals surface area contributed by atoms with E-state index in [1.807, 2.05) is 31.2 Å². The van der Waals surface area contributed by atoms with Crippen molar-refractivity contribution in [2.45, 2.75) is 37.3 Å². The minimum Gasteiger partial charge on any atom is -0.480 e. The van der Waals surface area contributed by atoms with Gasteiger partial charge >= 0.3 is 5.97 Å². The molecule has 0 heterocycles. The fourth-order valence-corrected chi connectivity index (χ4v) is 2.80. The molecule has 0 amide bonds. The topological polar surface area (TPSA) is 40.5 Å². The highest BCUT2D eigenvalue weighted by atomic mass is 35.5. The van der Waals surface area contributed by atoms with Gasteiger partial charge in [0.15, 0.2) is 0 Å². The van der Waals surface area contributed by atoms with E-state index >= 15 is 0 Å². The van der Waals surface area contributed by atoms with Gasteiger partial charge < -0.3 is 10.0 Å². The summed E-state index contributed by atoms with van der Waals surface area (Å²) in [6, 6.07) is 8.03. The average Bonchev–Trinajstić information content (AvgIpc) is 2.40. The van der Waals surface area contributed by atoms with Crippen LogP contribution in [-0.2, 0) is 4.79 Å². The number of hydrogen-bond acceptors (Lipinski definition) is 3. The van der Waals surface area contributed by atoms with Gasteiger partial charge in [-0.2, -0.15) is 0 Å². The van der Waals surface area contributed by atoms with Crippen molar-refractivity contribution in [1.29, 1.82) is 0 Å². The molecule has 0 saturated carbocycles. The van der Waals surface area contributed by atoms with Gasteiger partial charge in [-0.15, -0.1) is 24.2 Å². The summed E-state index contributed by atoms with van der Waals surface area (Å²) in [7, 11) is 0. The van der Waals surface area contributed by atoms with Crippen LogP contribution in [0.5, 0.6) is 0 Å². The highest BCUT2D eigenvalue weighted by Gasteiger charge is 2.19. The van der Waals surface area contributed by atoms with Crippen molar-refractivity contribution >= 4 is 30.1 Å². The molecule has 114 valence electrons. The molecule has 0 aliphatic carbocycles. The van der Waals surface area contributed by atoms with Crippen LogP contribution in [0.4, 0.5) is 0 Å². The van der Waals surface area contributed by atoms with E-state index in [4.69, 9.17) is 0 Å². The molecule has 1 aromatic rings. The molecule has 0 bridgehead atoms. The number of carbonyl (C=O) groups is 1. The van der Waals surface area contributed by atoms with Crippen LogP contribution in [0, 0.1) is 6.92 Å². The summed E-state index contributed by atoms with van der Waals surface area (Å²) < 4.78 is 0. The van der Waals surface area contributed by atoms with E-state index in [1.54, 1.807) is 0 Å². The van der Waals surface area contributed by atoms with Crippen LogP contribution in [0.3, 0.4) is 0 Å². The lowest BCUT2D eigenvalue weighted by Crippen LogP contribution is -2.28. The molecule has 5 heteroatoms. The molecule has 0 spiro atoms. The van der Waals surface area contributed by atoms with Crippen LogP contribution in [0.15, 0.2) is 29.2 Å². The van der Waals surface area contributed by atoms with E-state index in [-0.39, 0.29) is 17.7 Å². The Morgan fingerprint density at radius 3 is 2.25 bits per heavy atom. The first-order chi connectivity index (χ1) is 9.06. The number of carboxylic acid groups (broad SMARTS) is 1. The number of thioether (sulfide) groups is 1. The third kappa shape index (κ3) is 6.64. The van der Waals surface area contributed by atoms with E-state index < -0.39 is 5.97 Å². The minimum absolute atomic E-state index is 0. The fourth-order valence-electron chi connectivity index (χ4n) is 1.85. The van der Waals surface area contributed by atoms with E-state index in [9.17, 15) is 9.90 Å². The summed E-state index contributed by atoms with van der Waals surface area (Å²) in [4.78, 5) is 14.6. The van der Waals surface area contributed by atoms with Crippen molar-refractivity contribution in [3.05, 3.63) is 29.8 Å². The zero-order chi connectivity index (χ0) is 14.3. The van der Waals surface area contributed by atoms with Crippen molar-refractivity contribution in [2.24, 2.45) is 0 Å². The zero-order valence-electron chi connectivity index (χ0n) is 12.3. The number of hydrogen-bond donors (Lipinski definition) is 1. The first kappa shape index (κ1) is 19.3. The molecule has 1 unspecified atom stereocenters. The molecule has 1 aromatic carbocycles. The Balaban J connectivity index is 0.00000361. The second-order valence-corrected chi connectivity index (χ2v) is 5.85. The lowest BCUT2D eigenvalue weighted by Gasteiger charge is -2.20. The molecule has 0 radical (unpaired) electrons. The van der Waals surface area contributed by atoms with Crippen molar-refractivity contribution in [3.8, 4) is 0 Å². The highest BCUT2D eigenvalue weighted by Crippen LogP contribution is 2.26. The van der Waals surface area contributed by atoms with Crippen molar-refractivity contribution in [1.82, 2.24) is 4.90 Å². The van der Waals surface area contributed by atoms with Crippen LogP contribution in [-0.4, -0.2) is 40.9 Å². The molecule has 0 fully saturated rings. The molecule has 0 aliphatic heterocycles. The first-order valence-corrected chi connectivity index (χ1v) is 7.63. The standard InChI is InChI=1S/C15H23NO2S.ClH/c1-4-16(5-2)11-10-14(15(17)18)19-13-8-6-12(3)7-9-13;/h6-9,14H,4-5,10-11H2,1-3H3,(H,17,18);1H. The zero-order valence-corrected chi connectivity index (χ0v) is 14.0. The van der Waals surface area contributed by atoms with E-state index in [0.29, 0.717) is 6.42 Å². The maximum absolute atomic E-state index is 11.3. The smallest absolute Gasteiger partial charge is 0.317 e. The molecule has 0 aromatic heterocycles. The quantitative estimate of drug-likeness (QED) is 0.742. The second-order valence-electron chi connectivity index (χ2n) is 4.57. The van der Waals surface area contributed by atoms with E-state index in [1.165, 1.54) is 17.3 Å². The van der Waals surface area contributed by atoms with Gasteiger partial charge in [-0.05, 0) is 45.1 Å². The summed E-state index contributed by atoms with van der Waals surface area (Å²) >= 11 is 1.44. The van der Waals surface area contributed by atoms with Crippen LogP contribution in [0.25, 0.3) is 0 Å². The second kappa shape index (κ2) is 10.1. The molecule has 1 rings (SSSR count). The SMILES string of the molecule is CCN(CC)CCC(Sc1ccc(C)cc1)C(=O)O.Cl. The molecule has 0 saturated heterocycles. The Bertz CT molecular complexity index is 393. The van der Waals surface area contributed by atoms with Crippen molar-refractivity contribution < 1.29 is 9.90 Å². The van der Waals surface area contributed by atoms with Gasteiger partial charge in [0.25, 0.3) is 0 Å². The Morgan fingerprint density at radius 2 is 1.80 bits per heavy atom. The molecule has 3 nitrogen and oxygen atoms in total. The molecular formula is C15H24ClNO2S. The summed E-state index contributed by atoms with van der Waals surface area (Å²) in [5.41, 5.74) is 1.19. The molecule has 20 heavy (non-hydrogen) atoms. The van der Waals surface area contributed by atoms with Gasteiger partial charge in [0.05, 0.1) is 0 Å². The van der Waals surface area contributed by atoms with Gasteiger partial charge in [0, 0.05) is 4.90 Å². The van der Waals surface area contributed by atoms with Gasteiger partial charge in [-0.3, -0.25) is 4.79 Å². The number of nitrogens with zero attached hydrogens (tertiary/aromatic N) is 1. The number of rotatable bonds is 8. The molecule has 0 aliphatic rings. The predicted octanol–water partition coefficient (Wildman–Crippen LogP) is 3.69. The van der Waals surface area contributed by atoms with Crippen LogP contribution < -0.4 is 0 Å². The Labute approximate surface area is 132 Å². The van der Waals surface area contributed by atoms with E-state index in [2.05, 4.69) is 18.7 Å². The van der Waals surface area contributed by atoms with Crippen molar-refractivity contribution in [2.75, 3.05) is 19.6 Å². The molecule has 1 N–H and O–H groups in total. The number of benzene rings is 1. The van der Waals surface area contributed by atoms with Crippen molar-refractivity contribution in [3.63, 3.8) is 0 Å². The maximum atomic E-state index is 11.3. The normalized spacial score (nSPS) is 12.0. The largest absolute Gasteiger partial charge is 0.480 e. The number of halogens is 1. The Kier molecular flexibility index (Phi) is 9.72. The first-order valence-electron chi connectivity index (χ1n) is 6.75. The minimum atomic E-state index is -0.724. The third-order valence-electron chi connectivity index (χ3n) is 3.18. The number of aryl methyl sites for hydroxylation is 1. The average molecular weight is 318 g/mol. The lowest BCUT2D eigenvalue weighted by atomic mass is 10.2. The molecular weight excluding hydrogens is 294 g/mol. The maximum Gasteiger partial charge on any atom is 0.317 e. The highest BCUT2D eigenvalue weighted by molar-refractivity contribution is 8.00. The number of carboxylic acids is 1. The monoisotopic (exact) mass is 317 g/mol. The summed E-state index contributed by atoms with van der Waals surface area (Å²) in [6.45, 7) is 9.02. The van der Waals surface area contributed by atoms with E-state index in [0.717, 1.165) is 24.5 Å². The van der Waals surface area contributed by atoms with Gasteiger partial charge in [-0.25, -0.2) is 0 Å². The summed E-state index contributed by atoms with van der Waals surface area (Å²) in [6.07, 6.45) is 0.676. The van der Waals surface area contributed by atoms with Gasteiger partial charge in [-0.1, -0.05) is 31.5 Å². The lowest BCUT2D eigenvalue weighted by molar-refractivity contribution is -0.136. The third-order valence-corrected chi connectivity index (χ3v) is 4.44. The molecule has 1 atom stereocenters. The number of aliphatic carboxylic acids is 1. The van der Waals surface area contributed by atoms with Crippen LogP contribution >= 0.6 is 24.2 Å². The van der Waals surface area contributed by atoms with Gasteiger partial charge in [0.2, 0.25) is 0 Å². The summed E-state index contributed by atoms with van der Waals surface area (Å²) in [5, 5.41) is 8.94.